The zero-order valence-corrected chi connectivity index (χ0v) is 13.8. The van der Waals surface area contributed by atoms with Crippen molar-refractivity contribution in [2.24, 2.45) is 0 Å². The van der Waals surface area contributed by atoms with Gasteiger partial charge in [-0.3, -0.25) is 5.43 Å². The van der Waals surface area contributed by atoms with Crippen LogP contribution in [0.25, 0.3) is 11.0 Å². The van der Waals surface area contributed by atoms with Crippen molar-refractivity contribution in [3.05, 3.63) is 58.7 Å². The Kier molecular flexibility index (Phi) is 4.36. The van der Waals surface area contributed by atoms with Crippen LogP contribution in [-0.2, 0) is 10.0 Å². The minimum Gasteiger partial charge on any atom is -0.289 e. The highest BCUT2D eigenvalue weighted by Crippen LogP contribution is 2.21. The van der Waals surface area contributed by atoms with E-state index in [-0.39, 0.29) is 15.9 Å². The van der Waals surface area contributed by atoms with E-state index < -0.39 is 10.0 Å². The summed E-state index contributed by atoms with van der Waals surface area (Å²) in [5.41, 5.74) is 3.68. The maximum atomic E-state index is 12.2. The van der Waals surface area contributed by atoms with Gasteiger partial charge in [0.05, 0.1) is 15.9 Å². The number of aromatic nitrogens is 2. The average Bonchev–Trinajstić information content (AvgIpc) is 2.53. The zero-order valence-electron chi connectivity index (χ0n) is 11.5. The fourth-order valence-electron chi connectivity index (χ4n) is 1.85. The van der Waals surface area contributed by atoms with E-state index in [4.69, 9.17) is 23.2 Å². The molecule has 0 saturated heterocycles. The van der Waals surface area contributed by atoms with Gasteiger partial charge in [-0.25, -0.2) is 18.4 Å². The lowest BCUT2D eigenvalue weighted by molar-refractivity contribution is 0.587. The number of fused-ring (bicyclic) bond motifs is 1. The van der Waals surface area contributed by atoms with Crippen LogP contribution in [0.1, 0.15) is 0 Å². The summed E-state index contributed by atoms with van der Waals surface area (Å²) in [4.78, 5) is 10.6. The molecule has 1 heterocycles. The lowest BCUT2D eigenvalue weighted by Crippen LogP contribution is -2.30. The Labute approximate surface area is 142 Å². The molecule has 23 heavy (non-hydrogen) atoms. The standard InChI is InChI=1S/C14H10Cl2N4O2S/c15-9-5-7-10(8-6-9)23(21,22)20-19-14-13(16)17-11-3-1-2-4-12(11)18-14/h1-8,20H,(H,18,19). The van der Waals surface area contributed by atoms with Crippen molar-refractivity contribution in [2.45, 2.75) is 4.90 Å². The molecule has 118 valence electrons. The van der Waals surface area contributed by atoms with E-state index in [1.54, 1.807) is 18.2 Å². The van der Waals surface area contributed by atoms with Crippen molar-refractivity contribution in [1.29, 1.82) is 0 Å². The van der Waals surface area contributed by atoms with Crippen LogP contribution in [0.2, 0.25) is 10.2 Å². The molecule has 9 heteroatoms. The SMILES string of the molecule is O=S(=O)(NNc1nc2ccccc2nc1Cl)c1ccc(Cl)cc1. The van der Waals surface area contributed by atoms with Gasteiger partial charge in [0.2, 0.25) is 0 Å². The Morgan fingerprint density at radius 1 is 0.870 bits per heavy atom. The molecule has 0 atom stereocenters. The zero-order chi connectivity index (χ0) is 16.4. The van der Waals surface area contributed by atoms with E-state index in [0.717, 1.165) is 0 Å². The second-order valence-electron chi connectivity index (χ2n) is 4.54. The number of halogens is 2. The predicted octanol–water partition coefficient (Wildman–Crippen LogP) is 3.24. The summed E-state index contributed by atoms with van der Waals surface area (Å²) >= 11 is 11.8. The first-order valence-corrected chi connectivity index (χ1v) is 8.65. The number of para-hydroxylation sites is 2. The highest BCUT2D eigenvalue weighted by Gasteiger charge is 2.15. The molecule has 2 N–H and O–H groups in total. The number of hydrazine groups is 1. The van der Waals surface area contributed by atoms with Gasteiger partial charge in [-0.05, 0) is 36.4 Å². The highest BCUT2D eigenvalue weighted by atomic mass is 35.5. The lowest BCUT2D eigenvalue weighted by Gasteiger charge is -2.10. The van der Waals surface area contributed by atoms with Crippen molar-refractivity contribution in [3.63, 3.8) is 0 Å². The molecule has 0 spiro atoms. The summed E-state index contributed by atoms with van der Waals surface area (Å²) in [6, 6.07) is 12.9. The van der Waals surface area contributed by atoms with Crippen molar-refractivity contribution in [2.75, 3.05) is 5.43 Å². The van der Waals surface area contributed by atoms with Crippen LogP contribution < -0.4 is 10.3 Å². The minimum atomic E-state index is -3.79. The molecule has 3 aromatic rings. The molecule has 3 rings (SSSR count). The summed E-state index contributed by atoms with van der Waals surface area (Å²) in [6.07, 6.45) is 0. The third kappa shape index (κ3) is 3.53. The maximum Gasteiger partial charge on any atom is 0.257 e. The molecule has 1 aromatic heterocycles. The van der Waals surface area contributed by atoms with Crippen molar-refractivity contribution in [3.8, 4) is 0 Å². The Balaban J connectivity index is 1.85. The molecular weight excluding hydrogens is 359 g/mol. The molecule has 2 aromatic carbocycles. The number of hydrogen-bond donors (Lipinski definition) is 2. The van der Waals surface area contributed by atoms with E-state index >= 15 is 0 Å². The second kappa shape index (κ2) is 6.29. The van der Waals surface area contributed by atoms with Gasteiger partial charge in [-0.15, -0.1) is 4.83 Å². The van der Waals surface area contributed by atoms with Gasteiger partial charge in [0, 0.05) is 5.02 Å². The monoisotopic (exact) mass is 368 g/mol. The first kappa shape index (κ1) is 15.9. The molecule has 6 nitrogen and oxygen atoms in total. The van der Waals surface area contributed by atoms with Crippen molar-refractivity contribution in [1.82, 2.24) is 14.8 Å². The van der Waals surface area contributed by atoms with Crippen LogP contribution in [0.5, 0.6) is 0 Å². The molecule has 0 aliphatic heterocycles. The van der Waals surface area contributed by atoms with E-state index in [2.05, 4.69) is 20.2 Å². The van der Waals surface area contributed by atoms with Gasteiger partial charge < -0.3 is 0 Å². The molecule has 0 fully saturated rings. The lowest BCUT2D eigenvalue weighted by atomic mass is 10.3. The molecule has 0 aliphatic rings. The number of nitrogens with zero attached hydrogens (tertiary/aromatic N) is 2. The van der Waals surface area contributed by atoms with Crippen LogP contribution >= 0.6 is 23.2 Å². The summed E-state index contributed by atoms with van der Waals surface area (Å²) in [7, 11) is -3.79. The van der Waals surface area contributed by atoms with Gasteiger partial charge in [-0.1, -0.05) is 35.3 Å². The molecule has 0 unspecified atom stereocenters. The topological polar surface area (TPSA) is 84.0 Å². The predicted molar refractivity (Wildman–Crippen MR) is 89.9 cm³/mol. The first-order chi connectivity index (χ1) is 11.0. The van der Waals surface area contributed by atoms with Gasteiger partial charge in [0.15, 0.2) is 11.0 Å². The largest absolute Gasteiger partial charge is 0.289 e. The van der Waals surface area contributed by atoms with Crippen LogP contribution in [0.4, 0.5) is 5.82 Å². The Morgan fingerprint density at radius 3 is 2.13 bits per heavy atom. The third-order valence-electron chi connectivity index (χ3n) is 2.96. The van der Waals surface area contributed by atoms with E-state index in [9.17, 15) is 8.42 Å². The Morgan fingerprint density at radius 2 is 1.48 bits per heavy atom. The van der Waals surface area contributed by atoms with Gasteiger partial charge >= 0.3 is 0 Å². The van der Waals surface area contributed by atoms with Gasteiger partial charge in [-0.2, -0.15) is 0 Å². The summed E-state index contributed by atoms with van der Waals surface area (Å²) in [6.45, 7) is 0. The van der Waals surface area contributed by atoms with Crippen LogP contribution in [0, 0.1) is 0 Å². The number of benzene rings is 2. The van der Waals surface area contributed by atoms with Crippen LogP contribution in [0.3, 0.4) is 0 Å². The number of rotatable bonds is 4. The molecule has 0 amide bonds. The normalized spacial score (nSPS) is 11.6. The van der Waals surface area contributed by atoms with Crippen molar-refractivity contribution < 1.29 is 8.42 Å². The second-order valence-corrected chi connectivity index (χ2v) is 7.01. The van der Waals surface area contributed by atoms with E-state index in [1.165, 1.54) is 24.3 Å². The van der Waals surface area contributed by atoms with Crippen LogP contribution in [0.15, 0.2) is 53.4 Å². The number of hydrogen-bond acceptors (Lipinski definition) is 5. The molecule has 0 radical (unpaired) electrons. The van der Waals surface area contributed by atoms with E-state index in [1.807, 2.05) is 6.07 Å². The highest BCUT2D eigenvalue weighted by molar-refractivity contribution is 7.89. The molecular formula is C14H10Cl2N4O2S. The van der Waals surface area contributed by atoms with Gasteiger partial charge in [0.1, 0.15) is 0 Å². The fourth-order valence-corrected chi connectivity index (χ4v) is 3.00. The average molecular weight is 369 g/mol. The molecule has 0 bridgehead atoms. The Bertz CT molecular complexity index is 962. The first-order valence-electron chi connectivity index (χ1n) is 6.41. The molecule has 0 aliphatic carbocycles. The minimum absolute atomic E-state index is 0.0549. The fraction of sp³-hybridized carbons (Fsp3) is 0. The molecule has 0 saturated carbocycles. The number of sulfonamides is 1. The quantitative estimate of drug-likeness (QED) is 0.690. The van der Waals surface area contributed by atoms with Crippen LogP contribution in [-0.4, -0.2) is 18.4 Å². The van der Waals surface area contributed by atoms with Crippen molar-refractivity contribution >= 4 is 50.1 Å². The summed E-state index contributed by atoms with van der Waals surface area (Å²) < 4.78 is 24.4. The summed E-state index contributed by atoms with van der Waals surface area (Å²) in [5.74, 6) is 0.114. The smallest absolute Gasteiger partial charge is 0.257 e. The maximum absolute atomic E-state index is 12.2. The third-order valence-corrected chi connectivity index (χ3v) is 4.73. The number of anilines is 1. The van der Waals surface area contributed by atoms with Gasteiger partial charge in [0.25, 0.3) is 10.0 Å². The summed E-state index contributed by atoms with van der Waals surface area (Å²) in [5, 5.41) is 0.503. The number of nitrogens with one attached hydrogen (secondary N) is 2. The van der Waals surface area contributed by atoms with E-state index in [0.29, 0.717) is 16.1 Å². The Hall–Kier alpha value is -1.93.